The normalized spacial score (nSPS) is 12.7. The van der Waals surface area contributed by atoms with Crippen molar-refractivity contribution in [3.05, 3.63) is 0 Å². The van der Waals surface area contributed by atoms with Crippen molar-refractivity contribution in [2.45, 2.75) is 33.3 Å². The fourth-order valence-electron chi connectivity index (χ4n) is 1.58. The van der Waals surface area contributed by atoms with Crippen LogP contribution in [0.2, 0.25) is 0 Å². The number of hydrogen-bond donors (Lipinski definition) is 2. The van der Waals surface area contributed by atoms with Gasteiger partial charge in [-0.05, 0) is 20.8 Å². The molecule has 2 N–H and O–H groups in total. The van der Waals surface area contributed by atoms with E-state index in [4.69, 9.17) is 10.2 Å². The monoisotopic (exact) mass is 274 g/mol. The van der Waals surface area contributed by atoms with Gasteiger partial charge in [0.1, 0.15) is 18.5 Å². The van der Waals surface area contributed by atoms with Crippen molar-refractivity contribution in [2.24, 2.45) is 5.41 Å². The second kappa shape index (κ2) is 7.10. The average molecular weight is 274 g/mol. The average Bonchev–Trinajstić information content (AvgIpc) is 2.31. The lowest BCUT2D eigenvalue weighted by atomic mass is 9.76. The lowest BCUT2D eigenvalue weighted by molar-refractivity contribution is -0.167. The molecule has 0 saturated heterocycles. The Morgan fingerprint density at radius 2 is 1.58 bits per heavy atom. The zero-order valence-electron chi connectivity index (χ0n) is 11.1. The van der Waals surface area contributed by atoms with Crippen molar-refractivity contribution in [3.63, 3.8) is 0 Å². The van der Waals surface area contributed by atoms with Crippen LogP contribution in [0.15, 0.2) is 0 Å². The lowest BCUT2D eigenvalue weighted by Crippen LogP contribution is -2.47. The highest BCUT2D eigenvalue weighted by atomic mass is 16.5. The van der Waals surface area contributed by atoms with Crippen LogP contribution in [-0.4, -0.2) is 52.8 Å². The molecule has 0 rings (SSSR count). The number of Topliss-reactive ketones (excluding diaryl/α,β-unsaturated/α-hetero) is 3. The molecular formula is C12H18O7. The van der Waals surface area contributed by atoms with E-state index < -0.39 is 54.5 Å². The summed E-state index contributed by atoms with van der Waals surface area (Å²) in [6.45, 7) is 2.00. The molecule has 0 aliphatic rings. The topological polar surface area (TPSA) is 118 Å². The summed E-state index contributed by atoms with van der Waals surface area (Å²) in [6.07, 6.45) is -1.89. The molecule has 0 amide bonds. The molecule has 1 unspecified atom stereocenters. The first-order valence-electron chi connectivity index (χ1n) is 5.66. The van der Waals surface area contributed by atoms with E-state index in [-0.39, 0.29) is 0 Å². The van der Waals surface area contributed by atoms with Gasteiger partial charge in [0, 0.05) is 6.42 Å². The first kappa shape index (κ1) is 17.4. The molecule has 0 bridgehead atoms. The highest BCUT2D eigenvalue weighted by molar-refractivity contribution is 6.23. The Morgan fingerprint density at radius 1 is 1.11 bits per heavy atom. The van der Waals surface area contributed by atoms with Crippen LogP contribution in [0.5, 0.6) is 0 Å². The van der Waals surface area contributed by atoms with Gasteiger partial charge in [-0.2, -0.15) is 0 Å². The van der Waals surface area contributed by atoms with E-state index in [0.29, 0.717) is 0 Å². The van der Waals surface area contributed by atoms with E-state index in [2.05, 4.69) is 4.74 Å². The molecule has 19 heavy (non-hydrogen) atoms. The maximum atomic E-state index is 11.9. The molecule has 7 nitrogen and oxygen atoms in total. The molecule has 0 aliphatic heterocycles. The molecule has 0 radical (unpaired) electrons. The third-order valence-electron chi connectivity index (χ3n) is 2.68. The number of hydrogen-bond acceptors (Lipinski definition) is 7. The highest BCUT2D eigenvalue weighted by Gasteiger charge is 2.50. The molecule has 0 fully saturated rings. The van der Waals surface area contributed by atoms with Crippen molar-refractivity contribution in [3.8, 4) is 0 Å². The molecule has 108 valence electrons. The molecule has 0 saturated carbocycles. The predicted molar refractivity (Wildman–Crippen MR) is 63.1 cm³/mol. The third-order valence-corrected chi connectivity index (χ3v) is 2.68. The van der Waals surface area contributed by atoms with E-state index in [1.807, 2.05) is 0 Å². The van der Waals surface area contributed by atoms with Crippen LogP contribution in [0, 0.1) is 5.41 Å². The van der Waals surface area contributed by atoms with E-state index in [1.54, 1.807) is 0 Å². The molecule has 0 aromatic rings. The quantitative estimate of drug-likeness (QED) is 0.431. The molecule has 0 aliphatic carbocycles. The third kappa shape index (κ3) is 4.22. The molecule has 0 spiro atoms. The van der Waals surface area contributed by atoms with Crippen molar-refractivity contribution in [2.75, 3.05) is 13.2 Å². The van der Waals surface area contributed by atoms with Gasteiger partial charge in [-0.1, -0.05) is 0 Å². The first-order valence-corrected chi connectivity index (χ1v) is 5.66. The number of ketones is 3. The van der Waals surface area contributed by atoms with Gasteiger partial charge in [0.15, 0.2) is 17.0 Å². The summed E-state index contributed by atoms with van der Waals surface area (Å²) in [7, 11) is 0. The summed E-state index contributed by atoms with van der Waals surface area (Å²) in [4.78, 5) is 46.3. The molecule has 0 aromatic heterocycles. The zero-order valence-corrected chi connectivity index (χ0v) is 11.1. The summed E-state index contributed by atoms with van der Waals surface area (Å²) >= 11 is 0. The summed E-state index contributed by atoms with van der Waals surface area (Å²) in [6, 6.07) is 0. The van der Waals surface area contributed by atoms with Crippen molar-refractivity contribution in [1.29, 1.82) is 0 Å². The minimum atomic E-state index is -2.17. The van der Waals surface area contributed by atoms with Crippen LogP contribution >= 0.6 is 0 Å². The maximum Gasteiger partial charge on any atom is 0.327 e. The fourth-order valence-corrected chi connectivity index (χ4v) is 1.58. The van der Waals surface area contributed by atoms with Crippen LogP contribution in [-0.2, 0) is 23.9 Å². The van der Waals surface area contributed by atoms with Gasteiger partial charge >= 0.3 is 5.97 Å². The van der Waals surface area contributed by atoms with Crippen molar-refractivity contribution in [1.82, 2.24) is 0 Å². The van der Waals surface area contributed by atoms with Crippen molar-refractivity contribution < 1.29 is 34.1 Å². The standard InChI is InChI=1S/C12H18O7/c1-7(14)4-12(8(2)15,9(3)16)11(18)19-6-10(17)5-13/h10,13,17H,4-6H2,1-3H3. The molecule has 1 atom stereocenters. The Hall–Kier alpha value is -1.60. The predicted octanol–water partition coefficient (Wildman–Crippen LogP) is -0.974. The van der Waals surface area contributed by atoms with Gasteiger partial charge < -0.3 is 14.9 Å². The van der Waals surface area contributed by atoms with Crippen LogP contribution in [0.4, 0.5) is 0 Å². The summed E-state index contributed by atoms with van der Waals surface area (Å²) in [5.41, 5.74) is -2.17. The van der Waals surface area contributed by atoms with Crippen LogP contribution < -0.4 is 0 Å². The lowest BCUT2D eigenvalue weighted by Gasteiger charge is -2.25. The molecular weight excluding hydrogens is 256 g/mol. The molecule has 0 aromatic carbocycles. The zero-order chi connectivity index (χ0) is 15.2. The summed E-state index contributed by atoms with van der Waals surface area (Å²) in [5, 5.41) is 17.7. The molecule has 7 heteroatoms. The Labute approximate surface area is 110 Å². The largest absolute Gasteiger partial charge is 0.462 e. The van der Waals surface area contributed by atoms with Crippen molar-refractivity contribution >= 4 is 23.3 Å². The summed E-state index contributed by atoms with van der Waals surface area (Å²) in [5.74, 6) is -3.28. The van der Waals surface area contributed by atoms with Crippen LogP contribution in [0.3, 0.4) is 0 Å². The number of carbonyl (C=O) groups excluding carboxylic acids is 4. The van der Waals surface area contributed by atoms with Gasteiger partial charge in [-0.25, -0.2) is 0 Å². The number of rotatable bonds is 8. The number of aliphatic hydroxyl groups is 2. The van der Waals surface area contributed by atoms with Gasteiger partial charge in [0.05, 0.1) is 6.61 Å². The Balaban J connectivity index is 5.22. The maximum absolute atomic E-state index is 11.9. The first-order chi connectivity index (χ1) is 8.68. The van der Waals surface area contributed by atoms with E-state index in [0.717, 1.165) is 20.8 Å². The van der Waals surface area contributed by atoms with E-state index in [1.165, 1.54) is 0 Å². The number of aliphatic hydroxyl groups excluding tert-OH is 2. The second-order valence-corrected chi connectivity index (χ2v) is 4.33. The van der Waals surface area contributed by atoms with Crippen LogP contribution in [0.1, 0.15) is 27.2 Å². The summed E-state index contributed by atoms with van der Waals surface area (Å²) < 4.78 is 4.64. The minimum absolute atomic E-state index is 0.509. The number of ether oxygens (including phenoxy) is 1. The number of carbonyl (C=O) groups is 4. The molecule has 0 heterocycles. The van der Waals surface area contributed by atoms with E-state index in [9.17, 15) is 19.2 Å². The second-order valence-electron chi connectivity index (χ2n) is 4.33. The fraction of sp³-hybridized carbons (Fsp3) is 0.667. The smallest absolute Gasteiger partial charge is 0.327 e. The Bertz CT molecular complexity index is 372. The van der Waals surface area contributed by atoms with Gasteiger partial charge in [-0.15, -0.1) is 0 Å². The number of esters is 1. The minimum Gasteiger partial charge on any atom is -0.462 e. The van der Waals surface area contributed by atoms with Gasteiger partial charge in [0.25, 0.3) is 0 Å². The van der Waals surface area contributed by atoms with Gasteiger partial charge in [0.2, 0.25) is 0 Å². The SMILES string of the molecule is CC(=O)CC(C(C)=O)(C(C)=O)C(=O)OCC(O)CO. The highest BCUT2D eigenvalue weighted by Crippen LogP contribution is 2.27. The Morgan fingerprint density at radius 3 is 1.89 bits per heavy atom. The van der Waals surface area contributed by atoms with Crippen LogP contribution in [0.25, 0.3) is 0 Å². The Kier molecular flexibility index (Phi) is 6.51. The van der Waals surface area contributed by atoms with E-state index >= 15 is 0 Å². The van der Waals surface area contributed by atoms with Gasteiger partial charge in [-0.3, -0.25) is 19.2 Å².